The molecule has 0 aliphatic rings. The molecule has 0 amide bonds. The summed E-state index contributed by atoms with van der Waals surface area (Å²) in [5.41, 5.74) is -0.116. The third kappa shape index (κ3) is 3.94. The zero-order chi connectivity index (χ0) is 15.6. The van der Waals surface area contributed by atoms with Crippen LogP contribution in [-0.4, -0.2) is 0 Å². The predicted molar refractivity (Wildman–Crippen MR) is 70.1 cm³/mol. The summed E-state index contributed by atoms with van der Waals surface area (Å²) in [6.45, 7) is 0. The number of hydrogen-bond donors (Lipinski definition) is 0. The summed E-state index contributed by atoms with van der Waals surface area (Å²) >= 11 is 6.04. The molecule has 1 atom stereocenters. The maximum atomic E-state index is 13.6. The molecule has 0 aliphatic heterocycles. The maximum absolute atomic E-state index is 13.6. The van der Waals surface area contributed by atoms with Crippen molar-refractivity contribution in [1.82, 2.24) is 0 Å². The van der Waals surface area contributed by atoms with Gasteiger partial charge in [0.15, 0.2) is 0 Å². The number of alkyl halides is 4. The molecule has 0 heterocycles. The van der Waals surface area contributed by atoms with Crippen molar-refractivity contribution < 1.29 is 22.0 Å². The quantitative estimate of drug-likeness (QED) is 0.517. The molecule has 0 radical (unpaired) electrons. The van der Waals surface area contributed by atoms with E-state index in [9.17, 15) is 22.0 Å². The molecule has 112 valence electrons. The van der Waals surface area contributed by atoms with Gasteiger partial charge in [0.25, 0.3) is 0 Å². The Hall–Kier alpha value is -1.62. The number of halogens is 6. The van der Waals surface area contributed by atoms with Crippen molar-refractivity contribution in [3.05, 3.63) is 70.8 Å². The van der Waals surface area contributed by atoms with E-state index in [1.807, 2.05) is 0 Å². The van der Waals surface area contributed by atoms with Crippen LogP contribution in [0.25, 0.3) is 0 Å². The molecule has 0 N–H and O–H groups in total. The van der Waals surface area contributed by atoms with Gasteiger partial charge in [-0.05, 0) is 30.2 Å². The zero-order valence-electron chi connectivity index (χ0n) is 10.6. The van der Waals surface area contributed by atoms with E-state index in [0.29, 0.717) is 5.56 Å². The lowest BCUT2D eigenvalue weighted by Gasteiger charge is -2.12. The van der Waals surface area contributed by atoms with Crippen LogP contribution in [0.15, 0.2) is 42.5 Å². The second kappa shape index (κ2) is 6.02. The van der Waals surface area contributed by atoms with Crippen LogP contribution in [0.2, 0.25) is 0 Å². The lowest BCUT2D eigenvalue weighted by molar-refractivity contribution is -0.137. The zero-order valence-corrected chi connectivity index (χ0v) is 11.3. The molecule has 2 aromatic carbocycles. The van der Waals surface area contributed by atoms with Gasteiger partial charge < -0.3 is 0 Å². The van der Waals surface area contributed by atoms with Gasteiger partial charge in [-0.25, -0.2) is 8.78 Å². The molecule has 0 nitrogen and oxygen atoms in total. The smallest absolute Gasteiger partial charge is 0.207 e. The van der Waals surface area contributed by atoms with Gasteiger partial charge in [0.2, 0.25) is 0 Å². The van der Waals surface area contributed by atoms with Crippen molar-refractivity contribution in [2.75, 3.05) is 0 Å². The normalized spacial score (nSPS) is 13.2. The van der Waals surface area contributed by atoms with E-state index in [0.717, 1.165) is 24.3 Å². The van der Waals surface area contributed by atoms with E-state index in [1.54, 1.807) is 0 Å². The Balaban J connectivity index is 2.14. The first-order valence-corrected chi connectivity index (χ1v) is 6.46. The first-order valence-electron chi connectivity index (χ1n) is 6.02. The van der Waals surface area contributed by atoms with Gasteiger partial charge in [0, 0.05) is 11.6 Å². The Labute approximate surface area is 123 Å². The Morgan fingerprint density at radius 1 is 0.952 bits per heavy atom. The number of rotatable bonds is 3. The first kappa shape index (κ1) is 15.8. The summed E-state index contributed by atoms with van der Waals surface area (Å²) < 4.78 is 63.6. The van der Waals surface area contributed by atoms with Crippen LogP contribution in [0.1, 0.15) is 22.1 Å². The molecule has 0 saturated heterocycles. The van der Waals surface area contributed by atoms with Crippen molar-refractivity contribution in [1.29, 1.82) is 0 Å². The first-order chi connectivity index (χ1) is 9.77. The van der Waals surface area contributed by atoms with Crippen LogP contribution < -0.4 is 0 Å². The molecule has 21 heavy (non-hydrogen) atoms. The molecular weight excluding hydrogens is 311 g/mol. The molecule has 0 aromatic heterocycles. The summed E-state index contributed by atoms with van der Waals surface area (Å²) in [4.78, 5) is 0. The van der Waals surface area contributed by atoms with Gasteiger partial charge in [-0.1, -0.05) is 18.2 Å². The molecule has 0 spiro atoms. The third-order valence-corrected chi connectivity index (χ3v) is 3.39. The summed E-state index contributed by atoms with van der Waals surface area (Å²) in [6.07, 6.45) is -4.26. The van der Waals surface area contributed by atoms with Crippen LogP contribution in [0.5, 0.6) is 0 Å². The van der Waals surface area contributed by atoms with Crippen LogP contribution in [0.4, 0.5) is 22.0 Å². The molecule has 2 rings (SSSR count). The largest absolute Gasteiger partial charge is 0.416 e. The number of benzene rings is 2. The highest BCUT2D eigenvalue weighted by molar-refractivity contribution is 6.20. The molecule has 0 saturated carbocycles. The summed E-state index contributed by atoms with van der Waals surface area (Å²) in [6, 6.07) is 7.50. The van der Waals surface area contributed by atoms with E-state index in [1.165, 1.54) is 18.2 Å². The molecule has 2 aromatic rings. The van der Waals surface area contributed by atoms with E-state index < -0.39 is 28.8 Å². The van der Waals surface area contributed by atoms with Crippen molar-refractivity contribution in [2.45, 2.75) is 18.0 Å². The van der Waals surface area contributed by atoms with Crippen molar-refractivity contribution in [2.24, 2.45) is 0 Å². The van der Waals surface area contributed by atoms with Crippen LogP contribution in [0, 0.1) is 11.6 Å². The predicted octanol–water partition coefficient (Wildman–Crippen LogP) is 5.51. The SMILES string of the molecule is Fc1ccc(C(Cl)Cc2ccc(C(F)(F)F)cc2)c(F)c1. The van der Waals surface area contributed by atoms with E-state index in [-0.39, 0.29) is 12.0 Å². The average Bonchev–Trinajstić information content (AvgIpc) is 2.38. The highest BCUT2D eigenvalue weighted by Crippen LogP contribution is 2.31. The second-order valence-corrected chi connectivity index (χ2v) is 5.06. The van der Waals surface area contributed by atoms with E-state index in [2.05, 4.69) is 0 Å². The highest BCUT2D eigenvalue weighted by atomic mass is 35.5. The lowest BCUT2D eigenvalue weighted by Crippen LogP contribution is -2.05. The maximum Gasteiger partial charge on any atom is 0.416 e. The fourth-order valence-electron chi connectivity index (χ4n) is 1.90. The minimum absolute atomic E-state index is 0.109. The van der Waals surface area contributed by atoms with E-state index in [4.69, 9.17) is 11.6 Å². The fraction of sp³-hybridized carbons (Fsp3) is 0.200. The summed E-state index contributed by atoms with van der Waals surface area (Å²) in [5.74, 6) is -1.49. The lowest BCUT2D eigenvalue weighted by atomic mass is 10.0. The number of hydrogen-bond acceptors (Lipinski definition) is 0. The Kier molecular flexibility index (Phi) is 4.52. The van der Waals surface area contributed by atoms with Crippen molar-refractivity contribution in [3.8, 4) is 0 Å². The molecule has 0 aliphatic carbocycles. The molecule has 0 bridgehead atoms. The third-order valence-electron chi connectivity index (χ3n) is 3.00. The van der Waals surface area contributed by atoms with Gasteiger partial charge in [-0.15, -0.1) is 11.6 Å². The van der Waals surface area contributed by atoms with Crippen LogP contribution in [-0.2, 0) is 12.6 Å². The Morgan fingerprint density at radius 2 is 1.57 bits per heavy atom. The van der Waals surface area contributed by atoms with Gasteiger partial charge in [0.1, 0.15) is 11.6 Å². The van der Waals surface area contributed by atoms with Gasteiger partial charge in [0.05, 0.1) is 10.9 Å². The minimum atomic E-state index is -4.40. The molecule has 0 fully saturated rings. The molecule has 6 heteroatoms. The minimum Gasteiger partial charge on any atom is -0.207 e. The topological polar surface area (TPSA) is 0 Å². The monoisotopic (exact) mass is 320 g/mol. The standard InChI is InChI=1S/C15H10ClF5/c16-13(12-6-5-11(17)8-14(12)18)7-9-1-3-10(4-2-9)15(19,20)21/h1-6,8,13H,7H2. The summed E-state index contributed by atoms with van der Waals surface area (Å²) in [7, 11) is 0. The van der Waals surface area contributed by atoms with Gasteiger partial charge >= 0.3 is 6.18 Å². The Morgan fingerprint density at radius 3 is 2.10 bits per heavy atom. The van der Waals surface area contributed by atoms with Gasteiger partial charge in [-0.3, -0.25) is 0 Å². The highest BCUT2D eigenvalue weighted by Gasteiger charge is 2.30. The average molecular weight is 321 g/mol. The van der Waals surface area contributed by atoms with Crippen molar-refractivity contribution in [3.63, 3.8) is 0 Å². The van der Waals surface area contributed by atoms with Crippen molar-refractivity contribution >= 4 is 11.6 Å². The van der Waals surface area contributed by atoms with Crippen LogP contribution in [0.3, 0.4) is 0 Å². The molecular formula is C15H10ClF5. The second-order valence-electron chi connectivity index (χ2n) is 4.53. The van der Waals surface area contributed by atoms with Gasteiger partial charge in [-0.2, -0.15) is 13.2 Å². The Bertz CT molecular complexity index is 619. The van der Waals surface area contributed by atoms with Crippen LogP contribution >= 0.6 is 11.6 Å². The summed E-state index contributed by atoms with van der Waals surface area (Å²) in [5, 5.41) is -0.790. The fourth-order valence-corrected chi connectivity index (χ4v) is 2.26. The van der Waals surface area contributed by atoms with E-state index >= 15 is 0 Å². The molecule has 1 unspecified atom stereocenters.